The molecule has 1 heterocycles. The normalized spacial score (nSPS) is 34.5. The van der Waals surface area contributed by atoms with Gasteiger partial charge in [0, 0.05) is 0 Å². The monoisotopic (exact) mass is 89.1 g/mol. The van der Waals surface area contributed by atoms with Crippen LogP contribution in [0.1, 0.15) is 6.92 Å². The first-order chi connectivity index (χ1) is 2.89. The SMILES string of the molecule is CC1NNON1. The summed E-state index contributed by atoms with van der Waals surface area (Å²) in [6.45, 7) is 1.93. The lowest BCUT2D eigenvalue weighted by atomic mass is 10.6. The topological polar surface area (TPSA) is 45.3 Å². The van der Waals surface area contributed by atoms with Crippen LogP contribution in [0.5, 0.6) is 0 Å². The molecule has 0 aromatic rings. The third-order valence-corrected chi connectivity index (χ3v) is 0.562. The fraction of sp³-hybridized carbons (Fsp3) is 1.00. The Morgan fingerprint density at radius 1 is 1.67 bits per heavy atom. The molecule has 3 N–H and O–H groups in total. The Labute approximate surface area is 35.7 Å². The van der Waals surface area contributed by atoms with Crippen molar-refractivity contribution in [3.05, 3.63) is 0 Å². The van der Waals surface area contributed by atoms with Gasteiger partial charge in [0.2, 0.25) is 0 Å². The van der Waals surface area contributed by atoms with Crippen LogP contribution < -0.4 is 16.5 Å². The zero-order chi connectivity index (χ0) is 4.41. The summed E-state index contributed by atoms with van der Waals surface area (Å²) in [7, 11) is 0. The number of hydroxylamine groups is 1. The van der Waals surface area contributed by atoms with Gasteiger partial charge in [-0.1, -0.05) is 0 Å². The fourth-order valence-electron chi connectivity index (χ4n) is 0.265. The van der Waals surface area contributed by atoms with Gasteiger partial charge in [0.05, 0.1) is 6.17 Å². The Balaban J connectivity index is 2.18. The van der Waals surface area contributed by atoms with Crippen molar-refractivity contribution in [2.45, 2.75) is 13.1 Å². The van der Waals surface area contributed by atoms with Crippen molar-refractivity contribution in [1.29, 1.82) is 0 Å². The van der Waals surface area contributed by atoms with E-state index in [1.165, 1.54) is 0 Å². The molecule has 1 aliphatic heterocycles. The zero-order valence-electron chi connectivity index (χ0n) is 3.49. The fourth-order valence-corrected chi connectivity index (χ4v) is 0.265. The number of hydrogen-bond donors (Lipinski definition) is 3. The summed E-state index contributed by atoms with van der Waals surface area (Å²) in [6.07, 6.45) is 0.213. The first-order valence-electron chi connectivity index (χ1n) is 1.81. The minimum absolute atomic E-state index is 0.213. The van der Waals surface area contributed by atoms with Crippen molar-refractivity contribution in [1.82, 2.24) is 16.5 Å². The van der Waals surface area contributed by atoms with Gasteiger partial charge in [-0.05, 0) is 6.92 Å². The molecule has 4 heteroatoms. The highest BCUT2D eigenvalue weighted by atomic mass is 16.8. The highest BCUT2D eigenvalue weighted by molar-refractivity contribution is 4.44. The first kappa shape index (κ1) is 4.01. The Morgan fingerprint density at radius 2 is 2.50 bits per heavy atom. The quantitative estimate of drug-likeness (QED) is 0.351. The average molecular weight is 89.1 g/mol. The van der Waals surface area contributed by atoms with E-state index in [2.05, 4.69) is 21.4 Å². The van der Waals surface area contributed by atoms with Crippen LogP contribution in [0.25, 0.3) is 0 Å². The third kappa shape index (κ3) is 0.662. The van der Waals surface area contributed by atoms with Crippen molar-refractivity contribution < 1.29 is 4.94 Å². The molecule has 0 amide bonds. The van der Waals surface area contributed by atoms with E-state index in [4.69, 9.17) is 0 Å². The van der Waals surface area contributed by atoms with Crippen molar-refractivity contribution in [3.8, 4) is 0 Å². The lowest BCUT2D eigenvalue weighted by Gasteiger charge is -1.91. The summed E-state index contributed by atoms with van der Waals surface area (Å²) in [5, 5.41) is 0. The maximum atomic E-state index is 4.45. The van der Waals surface area contributed by atoms with Gasteiger partial charge in [0.25, 0.3) is 0 Å². The van der Waals surface area contributed by atoms with E-state index in [9.17, 15) is 0 Å². The molecule has 0 aromatic heterocycles. The van der Waals surface area contributed by atoms with Crippen LogP contribution in [0.2, 0.25) is 0 Å². The van der Waals surface area contributed by atoms with E-state index >= 15 is 0 Å². The Bertz CT molecular complexity index is 42.1. The summed E-state index contributed by atoms with van der Waals surface area (Å²) in [5.41, 5.74) is 7.74. The van der Waals surface area contributed by atoms with Crippen LogP contribution in [-0.4, -0.2) is 6.17 Å². The number of hydrazine groups is 1. The van der Waals surface area contributed by atoms with Crippen molar-refractivity contribution >= 4 is 0 Å². The maximum Gasteiger partial charge on any atom is 0.0952 e. The molecule has 1 aliphatic rings. The van der Waals surface area contributed by atoms with Gasteiger partial charge in [-0.3, -0.25) is 0 Å². The van der Waals surface area contributed by atoms with Crippen molar-refractivity contribution in [3.63, 3.8) is 0 Å². The van der Waals surface area contributed by atoms with Crippen LogP contribution in [0.4, 0.5) is 0 Å². The number of hydrogen-bond acceptors (Lipinski definition) is 4. The van der Waals surface area contributed by atoms with Crippen LogP contribution in [0.3, 0.4) is 0 Å². The van der Waals surface area contributed by atoms with Crippen LogP contribution >= 0.6 is 0 Å². The molecule has 6 heavy (non-hydrogen) atoms. The predicted molar refractivity (Wildman–Crippen MR) is 20.0 cm³/mol. The predicted octanol–water partition coefficient (Wildman–Crippen LogP) is -1.12. The van der Waals surface area contributed by atoms with E-state index < -0.39 is 0 Å². The summed E-state index contributed by atoms with van der Waals surface area (Å²) < 4.78 is 0. The standard InChI is InChI=1S/C2H7N3O/c1-2-3-5-6-4-2/h2-5H,1H3. The van der Waals surface area contributed by atoms with Crippen LogP contribution in [-0.2, 0) is 4.94 Å². The lowest BCUT2D eigenvalue weighted by Crippen LogP contribution is -2.29. The largest absolute Gasteiger partial charge is 0.214 e. The van der Waals surface area contributed by atoms with E-state index in [0.717, 1.165) is 0 Å². The first-order valence-corrected chi connectivity index (χ1v) is 1.81. The lowest BCUT2D eigenvalue weighted by molar-refractivity contribution is 0.00816. The van der Waals surface area contributed by atoms with E-state index in [1.54, 1.807) is 0 Å². The van der Waals surface area contributed by atoms with Crippen molar-refractivity contribution in [2.24, 2.45) is 0 Å². The smallest absolute Gasteiger partial charge is 0.0952 e. The Hall–Kier alpha value is -0.160. The molecule has 0 saturated carbocycles. The molecule has 1 atom stereocenters. The zero-order valence-corrected chi connectivity index (χ0v) is 3.49. The second kappa shape index (κ2) is 1.53. The van der Waals surface area contributed by atoms with Gasteiger partial charge in [-0.25, -0.2) is 5.43 Å². The maximum absolute atomic E-state index is 4.45. The number of nitrogens with one attached hydrogen (secondary N) is 3. The summed E-state index contributed by atoms with van der Waals surface area (Å²) in [6, 6.07) is 0. The summed E-state index contributed by atoms with van der Waals surface area (Å²) in [5.74, 6) is 0. The molecule has 0 aromatic carbocycles. The molecular weight excluding hydrogens is 82.0 g/mol. The molecule has 1 rings (SSSR count). The third-order valence-electron chi connectivity index (χ3n) is 0.562. The van der Waals surface area contributed by atoms with Gasteiger partial charge in [0.1, 0.15) is 0 Å². The molecule has 0 spiro atoms. The minimum Gasteiger partial charge on any atom is -0.214 e. The Kier molecular flexibility index (Phi) is 1.02. The molecule has 4 nitrogen and oxygen atoms in total. The summed E-state index contributed by atoms with van der Waals surface area (Å²) >= 11 is 0. The number of rotatable bonds is 0. The highest BCUT2D eigenvalue weighted by Gasteiger charge is 2.03. The molecule has 0 bridgehead atoms. The molecule has 1 saturated heterocycles. The van der Waals surface area contributed by atoms with Crippen LogP contribution in [0.15, 0.2) is 0 Å². The average Bonchev–Trinajstić information content (AvgIpc) is 1.86. The summed E-state index contributed by atoms with van der Waals surface area (Å²) in [4.78, 5) is 4.45. The highest BCUT2D eigenvalue weighted by Crippen LogP contribution is 1.74. The molecule has 0 aliphatic carbocycles. The van der Waals surface area contributed by atoms with Gasteiger partial charge in [-0.2, -0.15) is 10.4 Å². The van der Waals surface area contributed by atoms with E-state index in [0.29, 0.717) is 0 Å². The van der Waals surface area contributed by atoms with E-state index in [1.807, 2.05) is 6.92 Å². The van der Waals surface area contributed by atoms with Gasteiger partial charge >= 0.3 is 0 Å². The van der Waals surface area contributed by atoms with Gasteiger partial charge < -0.3 is 0 Å². The second-order valence-corrected chi connectivity index (χ2v) is 1.19. The Morgan fingerprint density at radius 3 is 2.67 bits per heavy atom. The second-order valence-electron chi connectivity index (χ2n) is 1.19. The van der Waals surface area contributed by atoms with Gasteiger partial charge in [-0.15, -0.1) is 5.59 Å². The van der Waals surface area contributed by atoms with Crippen LogP contribution in [0, 0.1) is 0 Å². The van der Waals surface area contributed by atoms with Gasteiger partial charge in [0.15, 0.2) is 0 Å². The molecule has 0 radical (unpaired) electrons. The molecular formula is C2H7N3O. The molecule has 36 valence electrons. The minimum atomic E-state index is 0.213. The molecule has 1 unspecified atom stereocenters. The molecule has 1 fully saturated rings. The van der Waals surface area contributed by atoms with E-state index in [-0.39, 0.29) is 6.17 Å². The van der Waals surface area contributed by atoms with Crippen molar-refractivity contribution in [2.75, 3.05) is 0 Å².